The number of carbonyl (C=O) groups excluding carboxylic acids is 1. The van der Waals surface area contributed by atoms with Gasteiger partial charge in [-0.15, -0.1) is 0 Å². The van der Waals surface area contributed by atoms with Gasteiger partial charge in [0.15, 0.2) is 5.78 Å². The van der Waals surface area contributed by atoms with Gasteiger partial charge in [-0.1, -0.05) is 18.2 Å². The second-order valence-electron chi connectivity index (χ2n) is 7.42. The molecule has 0 unspecified atom stereocenters. The number of Topliss-reactive ketones (excluding diaryl/α,β-unsaturated/α-hetero) is 1. The molecule has 0 amide bonds. The van der Waals surface area contributed by atoms with E-state index in [2.05, 4.69) is 9.88 Å². The Morgan fingerprint density at radius 1 is 1.19 bits per heavy atom. The number of morpholine rings is 1. The molecule has 2 heterocycles. The highest BCUT2D eigenvalue weighted by atomic mass is 19.1. The first-order chi connectivity index (χ1) is 15.0. The fourth-order valence-corrected chi connectivity index (χ4v) is 3.59. The summed E-state index contributed by atoms with van der Waals surface area (Å²) in [5, 5.41) is 10.0. The fourth-order valence-electron chi connectivity index (χ4n) is 3.59. The first-order valence-electron chi connectivity index (χ1n) is 10.1. The number of phenols is 1. The third-order valence-corrected chi connectivity index (χ3v) is 5.14. The summed E-state index contributed by atoms with van der Waals surface area (Å²) in [6, 6.07) is 13.8. The zero-order chi connectivity index (χ0) is 21.8. The molecule has 1 fully saturated rings. The summed E-state index contributed by atoms with van der Waals surface area (Å²) in [5.41, 5.74) is 2.94. The Hall–Kier alpha value is -3.29. The van der Waals surface area contributed by atoms with Crippen LogP contribution in [0.15, 0.2) is 54.7 Å². The van der Waals surface area contributed by atoms with Gasteiger partial charge in [0.2, 0.25) is 5.88 Å². The first-order valence-corrected chi connectivity index (χ1v) is 10.1. The summed E-state index contributed by atoms with van der Waals surface area (Å²) >= 11 is 0. The lowest BCUT2D eigenvalue weighted by Gasteiger charge is -2.27. The third-order valence-electron chi connectivity index (χ3n) is 5.14. The Balaban J connectivity index is 1.64. The highest BCUT2D eigenvalue weighted by Crippen LogP contribution is 2.32. The molecule has 3 aromatic rings. The second-order valence-corrected chi connectivity index (χ2v) is 7.42. The summed E-state index contributed by atoms with van der Waals surface area (Å²) in [6.07, 6.45) is 1.02. The van der Waals surface area contributed by atoms with Crippen LogP contribution in [0, 0.1) is 5.82 Å². The van der Waals surface area contributed by atoms with Gasteiger partial charge >= 0.3 is 0 Å². The maximum atomic E-state index is 13.5. The van der Waals surface area contributed by atoms with Gasteiger partial charge in [-0.25, -0.2) is 9.37 Å². The maximum absolute atomic E-state index is 13.5. The zero-order valence-electron chi connectivity index (χ0n) is 17.2. The monoisotopic (exact) mass is 422 g/mol. The highest BCUT2D eigenvalue weighted by molar-refractivity contribution is 5.96. The van der Waals surface area contributed by atoms with E-state index in [1.54, 1.807) is 18.2 Å². The summed E-state index contributed by atoms with van der Waals surface area (Å²) in [7, 11) is 0. The van der Waals surface area contributed by atoms with Crippen molar-refractivity contribution in [2.45, 2.75) is 13.5 Å². The number of phenolic OH excluding ortho intramolecular Hbond substituents is 1. The number of halogens is 1. The minimum atomic E-state index is -0.594. The molecule has 0 bridgehead atoms. The predicted octanol–water partition coefficient (Wildman–Crippen LogP) is 4.42. The zero-order valence-corrected chi connectivity index (χ0v) is 17.2. The van der Waals surface area contributed by atoms with Gasteiger partial charge in [0.05, 0.1) is 25.0 Å². The number of nitrogens with zero attached hydrogens (tertiary/aromatic N) is 2. The number of hydrogen-bond acceptors (Lipinski definition) is 6. The van der Waals surface area contributed by atoms with Crippen LogP contribution in [0.5, 0.6) is 17.4 Å². The van der Waals surface area contributed by atoms with Crippen LogP contribution in [0.25, 0.3) is 11.1 Å². The van der Waals surface area contributed by atoms with Crippen LogP contribution in [0.4, 0.5) is 4.39 Å². The molecular formula is C24H23FN2O4. The number of carbonyl (C=O) groups is 1. The van der Waals surface area contributed by atoms with E-state index in [1.807, 2.05) is 24.3 Å². The topological polar surface area (TPSA) is 71.9 Å². The van der Waals surface area contributed by atoms with Gasteiger partial charge in [-0.05, 0) is 53.9 Å². The smallest absolute Gasteiger partial charge is 0.230 e. The molecule has 1 aromatic heterocycles. The van der Waals surface area contributed by atoms with Crippen molar-refractivity contribution in [1.82, 2.24) is 9.88 Å². The van der Waals surface area contributed by atoms with E-state index in [-0.39, 0.29) is 23.0 Å². The molecule has 0 aliphatic carbocycles. The van der Waals surface area contributed by atoms with Crippen LogP contribution < -0.4 is 4.74 Å². The molecular weight excluding hydrogens is 399 g/mol. The van der Waals surface area contributed by atoms with Crippen molar-refractivity contribution in [2.75, 3.05) is 26.3 Å². The first kappa shape index (κ1) is 21.0. The normalized spacial score (nSPS) is 14.4. The van der Waals surface area contributed by atoms with Gasteiger partial charge in [-0.2, -0.15) is 0 Å². The Morgan fingerprint density at radius 2 is 2.00 bits per heavy atom. The minimum absolute atomic E-state index is 0.0605. The SMILES string of the molecule is CC(=O)c1cc(F)cnc1Oc1cccc(-c2ccc(O)cc2CN2CCOCC2)c1. The van der Waals surface area contributed by atoms with Crippen LogP contribution in [0.3, 0.4) is 0 Å². The van der Waals surface area contributed by atoms with Gasteiger partial charge in [0, 0.05) is 19.6 Å². The van der Waals surface area contributed by atoms with E-state index in [1.165, 1.54) is 6.92 Å². The summed E-state index contributed by atoms with van der Waals surface area (Å²) in [4.78, 5) is 18.1. The number of hydrogen-bond donors (Lipinski definition) is 1. The van der Waals surface area contributed by atoms with Gasteiger partial charge in [0.25, 0.3) is 0 Å². The molecule has 4 rings (SSSR count). The van der Waals surface area contributed by atoms with E-state index in [9.17, 15) is 14.3 Å². The number of benzene rings is 2. The quantitative estimate of drug-likeness (QED) is 0.593. The number of ketones is 1. The predicted molar refractivity (Wildman–Crippen MR) is 114 cm³/mol. The molecule has 6 nitrogen and oxygen atoms in total. The van der Waals surface area contributed by atoms with E-state index < -0.39 is 5.82 Å². The Kier molecular flexibility index (Phi) is 6.25. The fraction of sp³-hybridized carbons (Fsp3) is 0.250. The number of aromatic nitrogens is 1. The molecule has 0 radical (unpaired) electrons. The Labute approximate surface area is 179 Å². The second kappa shape index (κ2) is 9.24. The molecule has 1 saturated heterocycles. The molecule has 1 N–H and O–H groups in total. The number of aromatic hydroxyl groups is 1. The van der Waals surface area contributed by atoms with Crippen molar-refractivity contribution in [3.8, 4) is 28.5 Å². The average molecular weight is 422 g/mol. The average Bonchev–Trinajstić information content (AvgIpc) is 2.76. The van der Waals surface area contributed by atoms with Gasteiger partial charge in [-0.3, -0.25) is 9.69 Å². The highest BCUT2D eigenvalue weighted by Gasteiger charge is 2.16. The Bertz CT molecular complexity index is 1100. The van der Waals surface area contributed by atoms with Gasteiger partial charge in [0.1, 0.15) is 17.3 Å². The third kappa shape index (κ3) is 5.07. The maximum Gasteiger partial charge on any atom is 0.230 e. The lowest BCUT2D eigenvalue weighted by atomic mass is 9.98. The molecule has 1 aliphatic heterocycles. The van der Waals surface area contributed by atoms with Gasteiger partial charge < -0.3 is 14.6 Å². The van der Waals surface area contributed by atoms with Crippen LogP contribution >= 0.6 is 0 Å². The van der Waals surface area contributed by atoms with Crippen LogP contribution in [0.1, 0.15) is 22.8 Å². The standard InChI is InChI=1S/C24H23FN2O4/c1-16(28)23-13-19(25)14-26-24(23)31-21-4-2-3-17(12-21)22-6-5-20(29)11-18(22)15-27-7-9-30-10-8-27/h2-6,11-14,29H,7-10,15H2,1H3. The molecule has 0 saturated carbocycles. The molecule has 0 spiro atoms. The summed E-state index contributed by atoms with van der Waals surface area (Å²) in [6.45, 7) is 5.09. The van der Waals surface area contributed by atoms with Crippen LogP contribution in [-0.2, 0) is 11.3 Å². The van der Waals surface area contributed by atoms with Crippen molar-refractivity contribution in [3.63, 3.8) is 0 Å². The van der Waals surface area contributed by atoms with Crippen LogP contribution in [-0.4, -0.2) is 47.1 Å². The van der Waals surface area contributed by atoms with Crippen LogP contribution in [0.2, 0.25) is 0 Å². The van der Waals surface area contributed by atoms with E-state index in [0.29, 0.717) is 25.5 Å². The lowest BCUT2D eigenvalue weighted by Crippen LogP contribution is -2.35. The van der Waals surface area contributed by atoms with Crippen molar-refractivity contribution in [2.24, 2.45) is 0 Å². The Morgan fingerprint density at radius 3 is 2.77 bits per heavy atom. The molecule has 0 atom stereocenters. The molecule has 1 aliphatic rings. The largest absolute Gasteiger partial charge is 0.508 e. The minimum Gasteiger partial charge on any atom is -0.508 e. The van der Waals surface area contributed by atoms with E-state index in [0.717, 1.165) is 42.0 Å². The van der Waals surface area contributed by atoms with Crippen molar-refractivity contribution >= 4 is 5.78 Å². The molecule has 160 valence electrons. The molecule has 2 aromatic carbocycles. The molecule has 31 heavy (non-hydrogen) atoms. The van der Waals surface area contributed by atoms with E-state index >= 15 is 0 Å². The number of pyridine rings is 1. The van der Waals surface area contributed by atoms with Crippen molar-refractivity contribution < 1.29 is 23.8 Å². The van der Waals surface area contributed by atoms with Crippen molar-refractivity contribution in [1.29, 1.82) is 0 Å². The number of ether oxygens (including phenoxy) is 2. The van der Waals surface area contributed by atoms with E-state index in [4.69, 9.17) is 9.47 Å². The summed E-state index contributed by atoms with van der Waals surface area (Å²) < 4.78 is 24.7. The van der Waals surface area contributed by atoms with Crippen molar-refractivity contribution in [3.05, 3.63) is 71.7 Å². The summed E-state index contributed by atoms with van der Waals surface area (Å²) in [5.74, 6) is -0.177. The number of rotatable bonds is 6. The molecule has 7 heteroatoms. The lowest BCUT2D eigenvalue weighted by molar-refractivity contribution is 0.0342.